The van der Waals surface area contributed by atoms with E-state index < -0.39 is 0 Å². The number of rotatable bonds is 5. The molecule has 2 heterocycles. The predicted octanol–water partition coefficient (Wildman–Crippen LogP) is 10.8. The van der Waals surface area contributed by atoms with Gasteiger partial charge in [-0.25, -0.2) is 15.0 Å². The summed E-state index contributed by atoms with van der Waals surface area (Å²) in [5, 5.41) is 4.71. The smallest absolute Gasteiger partial charge is 0.166 e. The SMILES string of the molecule is c1ccc(-c2ccc(-c3nc(-c4ccccc4)nc(-c4ccc5ccccc5c4-n4c5ccccc5c5ccccc54)n3)cc2)cc1. The van der Waals surface area contributed by atoms with Gasteiger partial charge in [0.1, 0.15) is 0 Å². The van der Waals surface area contributed by atoms with Gasteiger partial charge < -0.3 is 4.57 Å². The van der Waals surface area contributed by atoms with Crippen LogP contribution in [0.25, 0.3) is 83.6 Å². The molecule has 0 N–H and O–H groups in total. The molecule has 0 saturated heterocycles. The van der Waals surface area contributed by atoms with Crippen LogP contribution in [0.5, 0.6) is 0 Å². The zero-order valence-electron chi connectivity index (χ0n) is 25.5. The normalized spacial score (nSPS) is 11.4. The van der Waals surface area contributed by atoms with Gasteiger partial charge in [0.05, 0.1) is 16.7 Å². The highest BCUT2D eigenvalue weighted by atomic mass is 15.1. The zero-order chi connectivity index (χ0) is 31.2. The summed E-state index contributed by atoms with van der Waals surface area (Å²) in [5.41, 5.74) is 8.47. The molecular formula is C43H28N4. The Balaban J connectivity index is 1.32. The average molecular weight is 601 g/mol. The molecule has 0 atom stereocenters. The van der Waals surface area contributed by atoms with Gasteiger partial charge in [-0.15, -0.1) is 0 Å². The summed E-state index contributed by atoms with van der Waals surface area (Å²) >= 11 is 0. The monoisotopic (exact) mass is 600 g/mol. The fourth-order valence-electron chi connectivity index (χ4n) is 6.62. The van der Waals surface area contributed by atoms with Crippen molar-refractivity contribution in [2.75, 3.05) is 0 Å². The Morgan fingerprint density at radius 3 is 1.40 bits per heavy atom. The molecule has 0 bridgehead atoms. The van der Waals surface area contributed by atoms with Crippen LogP contribution in [0, 0.1) is 0 Å². The second kappa shape index (κ2) is 11.2. The molecule has 4 nitrogen and oxygen atoms in total. The number of aromatic nitrogens is 4. The Morgan fingerprint density at radius 1 is 0.319 bits per heavy atom. The van der Waals surface area contributed by atoms with Gasteiger partial charge in [-0.2, -0.15) is 0 Å². The van der Waals surface area contributed by atoms with E-state index in [0.717, 1.165) is 49.7 Å². The summed E-state index contributed by atoms with van der Waals surface area (Å²) in [4.78, 5) is 15.4. The Kier molecular flexibility index (Phi) is 6.43. The maximum atomic E-state index is 5.20. The van der Waals surface area contributed by atoms with Crippen molar-refractivity contribution in [1.29, 1.82) is 0 Å². The number of hydrogen-bond acceptors (Lipinski definition) is 3. The van der Waals surface area contributed by atoms with Gasteiger partial charge in [-0.1, -0.05) is 152 Å². The van der Waals surface area contributed by atoms with Crippen LogP contribution in [-0.4, -0.2) is 19.5 Å². The van der Waals surface area contributed by atoms with E-state index >= 15 is 0 Å². The molecule has 0 aliphatic rings. The van der Waals surface area contributed by atoms with Crippen molar-refractivity contribution in [1.82, 2.24) is 19.5 Å². The lowest BCUT2D eigenvalue weighted by Crippen LogP contribution is -2.04. The van der Waals surface area contributed by atoms with E-state index in [2.05, 4.69) is 150 Å². The highest BCUT2D eigenvalue weighted by molar-refractivity contribution is 6.11. The Labute approximate surface area is 272 Å². The minimum Gasteiger partial charge on any atom is -0.308 e. The molecule has 9 rings (SSSR count). The molecule has 0 amide bonds. The highest BCUT2D eigenvalue weighted by Gasteiger charge is 2.21. The lowest BCUT2D eigenvalue weighted by molar-refractivity contribution is 1.07. The third-order valence-electron chi connectivity index (χ3n) is 8.86. The first kappa shape index (κ1) is 27.0. The summed E-state index contributed by atoms with van der Waals surface area (Å²) in [6.45, 7) is 0. The molecule has 220 valence electrons. The van der Waals surface area contributed by atoms with Crippen LogP contribution in [0.4, 0.5) is 0 Å². The van der Waals surface area contributed by atoms with Gasteiger partial charge in [-0.05, 0) is 34.7 Å². The lowest BCUT2D eigenvalue weighted by Gasteiger charge is -2.17. The fourth-order valence-corrected chi connectivity index (χ4v) is 6.62. The average Bonchev–Trinajstić information content (AvgIpc) is 3.49. The molecule has 47 heavy (non-hydrogen) atoms. The number of para-hydroxylation sites is 2. The fraction of sp³-hybridized carbons (Fsp3) is 0. The van der Waals surface area contributed by atoms with Crippen LogP contribution in [0.2, 0.25) is 0 Å². The van der Waals surface area contributed by atoms with E-state index in [0.29, 0.717) is 17.5 Å². The van der Waals surface area contributed by atoms with E-state index in [1.165, 1.54) is 16.3 Å². The molecule has 0 spiro atoms. The van der Waals surface area contributed by atoms with Crippen molar-refractivity contribution in [3.05, 3.63) is 170 Å². The third kappa shape index (κ3) is 4.66. The standard InChI is InChI=1S/C43H28N4/c1-3-13-29(14-4-1)30-23-25-33(26-24-30)42-44-41(32-16-5-2-6-17-32)45-43(46-42)37-28-27-31-15-7-8-18-34(31)40(37)47-38-21-11-9-19-35(38)36-20-10-12-22-39(36)47/h1-28H. The molecule has 0 fully saturated rings. The first-order valence-corrected chi connectivity index (χ1v) is 15.8. The second-order valence-corrected chi connectivity index (χ2v) is 11.7. The van der Waals surface area contributed by atoms with Crippen LogP contribution in [0.1, 0.15) is 0 Å². The Hall–Kier alpha value is -6.39. The minimum atomic E-state index is 0.628. The van der Waals surface area contributed by atoms with Crippen molar-refractivity contribution < 1.29 is 0 Å². The van der Waals surface area contributed by atoms with E-state index in [1.807, 2.05) is 24.3 Å². The van der Waals surface area contributed by atoms with Gasteiger partial charge >= 0.3 is 0 Å². The second-order valence-electron chi connectivity index (χ2n) is 11.7. The molecular weight excluding hydrogens is 573 g/mol. The molecule has 9 aromatic rings. The number of hydrogen-bond donors (Lipinski definition) is 0. The van der Waals surface area contributed by atoms with Gasteiger partial charge in [0, 0.05) is 32.8 Å². The number of nitrogens with zero attached hydrogens (tertiary/aromatic N) is 4. The van der Waals surface area contributed by atoms with E-state index in [4.69, 9.17) is 15.0 Å². The minimum absolute atomic E-state index is 0.628. The van der Waals surface area contributed by atoms with Crippen LogP contribution in [0.15, 0.2) is 170 Å². The maximum absolute atomic E-state index is 5.20. The first-order chi connectivity index (χ1) is 23.3. The van der Waals surface area contributed by atoms with Gasteiger partial charge in [0.25, 0.3) is 0 Å². The van der Waals surface area contributed by atoms with Crippen LogP contribution >= 0.6 is 0 Å². The predicted molar refractivity (Wildman–Crippen MR) is 193 cm³/mol. The molecule has 0 unspecified atom stereocenters. The summed E-state index contributed by atoms with van der Waals surface area (Å²) in [5.74, 6) is 1.90. The summed E-state index contributed by atoms with van der Waals surface area (Å²) in [6.07, 6.45) is 0. The summed E-state index contributed by atoms with van der Waals surface area (Å²) in [7, 11) is 0. The van der Waals surface area contributed by atoms with E-state index in [1.54, 1.807) is 0 Å². The molecule has 0 saturated carbocycles. The molecule has 0 aliphatic carbocycles. The van der Waals surface area contributed by atoms with Gasteiger partial charge in [0.2, 0.25) is 0 Å². The summed E-state index contributed by atoms with van der Waals surface area (Å²) in [6, 6.07) is 59.1. The van der Waals surface area contributed by atoms with Gasteiger partial charge in [-0.3, -0.25) is 0 Å². The van der Waals surface area contributed by atoms with E-state index in [-0.39, 0.29) is 0 Å². The van der Waals surface area contributed by atoms with E-state index in [9.17, 15) is 0 Å². The van der Waals surface area contributed by atoms with Crippen LogP contribution in [-0.2, 0) is 0 Å². The molecule has 7 aromatic carbocycles. The quantitative estimate of drug-likeness (QED) is 0.197. The third-order valence-corrected chi connectivity index (χ3v) is 8.86. The number of fused-ring (bicyclic) bond motifs is 4. The maximum Gasteiger partial charge on any atom is 0.166 e. The van der Waals surface area contributed by atoms with Crippen molar-refractivity contribution in [3.63, 3.8) is 0 Å². The molecule has 0 radical (unpaired) electrons. The topological polar surface area (TPSA) is 43.6 Å². The van der Waals surface area contributed by atoms with Crippen molar-refractivity contribution in [2.24, 2.45) is 0 Å². The van der Waals surface area contributed by atoms with Crippen LogP contribution < -0.4 is 0 Å². The Bertz CT molecular complexity index is 2500. The highest BCUT2D eigenvalue weighted by Crippen LogP contribution is 2.39. The first-order valence-electron chi connectivity index (χ1n) is 15.8. The Morgan fingerprint density at radius 2 is 0.766 bits per heavy atom. The summed E-state index contributed by atoms with van der Waals surface area (Å²) < 4.78 is 2.38. The van der Waals surface area contributed by atoms with Gasteiger partial charge in [0.15, 0.2) is 17.5 Å². The largest absolute Gasteiger partial charge is 0.308 e. The van der Waals surface area contributed by atoms with Crippen molar-refractivity contribution >= 4 is 32.6 Å². The lowest BCUT2D eigenvalue weighted by atomic mass is 10.0. The molecule has 0 aliphatic heterocycles. The number of benzene rings is 7. The van der Waals surface area contributed by atoms with Crippen molar-refractivity contribution in [2.45, 2.75) is 0 Å². The molecule has 4 heteroatoms. The zero-order valence-corrected chi connectivity index (χ0v) is 25.5. The molecule has 2 aromatic heterocycles. The van der Waals surface area contributed by atoms with Crippen molar-refractivity contribution in [3.8, 4) is 51.0 Å². The van der Waals surface area contributed by atoms with Crippen LogP contribution in [0.3, 0.4) is 0 Å².